The van der Waals surface area contributed by atoms with E-state index in [1.165, 1.54) is 12.8 Å². The molecule has 0 bridgehead atoms. The van der Waals surface area contributed by atoms with Crippen molar-refractivity contribution in [1.82, 2.24) is 5.32 Å². The third-order valence-electron chi connectivity index (χ3n) is 5.12. The zero-order valence-electron chi connectivity index (χ0n) is 14.9. The van der Waals surface area contributed by atoms with E-state index < -0.39 is 0 Å². The molecule has 2 aromatic rings. The average Bonchev–Trinajstić information content (AvgIpc) is 3.52. The van der Waals surface area contributed by atoms with E-state index in [4.69, 9.17) is 9.47 Å². The molecular formula is C22H25NO3. The summed E-state index contributed by atoms with van der Waals surface area (Å²) in [5.41, 5.74) is 2.70. The van der Waals surface area contributed by atoms with E-state index in [1.54, 1.807) is 0 Å². The molecule has 2 aromatic carbocycles. The van der Waals surface area contributed by atoms with Gasteiger partial charge in [0, 0.05) is 18.8 Å². The Balaban J connectivity index is 1.48. The van der Waals surface area contributed by atoms with Crippen LogP contribution in [0.2, 0.25) is 0 Å². The number of rotatable bonds is 6. The van der Waals surface area contributed by atoms with Gasteiger partial charge in [0.05, 0.1) is 12.6 Å². The number of amides is 1. The number of ether oxygens (including phenoxy) is 2. The van der Waals surface area contributed by atoms with Crippen molar-refractivity contribution in [2.75, 3.05) is 19.8 Å². The molecule has 0 spiro atoms. The monoisotopic (exact) mass is 351 g/mol. The summed E-state index contributed by atoms with van der Waals surface area (Å²) in [6, 6.07) is 17.8. The van der Waals surface area contributed by atoms with Gasteiger partial charge in [0.15, 0.2) is 0 Å². The first-order valence-electron chi connectivity index (χ1n) is 9.46. The number of hydrogen-bond donors (Lipinski definition) is 1. The minimum Gasteiger partial charge on any atom is -0.379 e. The molecule has 136 valence electrons. The van der Waals surface area contributed by atoms with E-state index in [2.05, 4.69) is 5.32 Å². The van der Waals surface area contributed by atoms with Crippen LogP contribution in [0.4, 0.5) is 0 Å². The van der Waals surface area contributed by atoms with Crippen LogP contribution in [0.3, 0.4) is 0 Å². The molecule has 1 N–H and O–H groups in total. The first-order chi connectivity index (χ1) is 12.8. The molecule has 1 saturated heterocycles. The van der Waals surface area contributed by atoms with Gasteiger partial charge in [-0.05, 0) is 42.4 Å². The maximum absolute atomic E-state index is 13.0. The van der Waals surface area contributed by atoms with E-state index in [1.807, 2.05) is 54.6 Å². The lowest BCUT2D eigenvalue weighted by Crippen LogP contribution is -2.50. The lowest BCUT2D eigenvalue weighted by Gasteiger charge is -2.32. The summed E-state index contributed by atoms with van der Waals surface area (Å²) in [5.74, 6) is 0.656. The largest absolute Gasteiger partial charge is 0.379 e. The molecule has 1 aliphatic carbocycles. The maximum Gasteiger partial charge on any atom is 0.252 e. The Hall–Kier alpha value is -2.17. The molecule has 1 heterocycles. The molecule has 0 aromatic heterocycles. The minimum absolute atomic E-state index is 0.00108. The van der Waals surface area contributed by atoms with Crippen LogP contribution in [-0.2, 0) is 9.47 Å². The van der Waals surface area contributed by atoms with Gasteiger partial charge < -0.3 is 14.8 Å². The molecule has 4 heteroatoms. The van der Waals surface area contributed by atoms with E-state index in [-0.39, 0.29) is 18.1 Å². The van der Waals surface area contributed by atoms with Crippen LogP contribution in [0.5, 0.6) is 0 Å². The number of hydrogen-bond acceptors (Lipinski definition) is 3. The standard InChI is InChI=1S/C22H25NO3/c24-22(19-9-5-4-8-18(19)17-6-2-1-3-7-17)23-20-12-13-25-15-21(20)26-14-16-10-11-16/h1-9,16,20-21H,10-15H2,(H,23,24)/t20-,21-/m0/s1. The molecule has 2 aliphatic rings. The quantitative estimate of drug-likeness (QED) is 0.864. The Kier molecular flexibility index (Phi) is 5.32. The molecule has 26 heavy (non-hydrogen) atoms. The fourth-order valence-electron chi connectivity index (χ4n) is 3.38. The third kappa shape index (κ3) is 4.14. The molecule has 1 amide bonds. The highest BCUT2D eigenvalue weighted by Gasteiger charge is 2.31. The smallest absolute Gasteiger partial charge is 0.252 e. The molecule has 4 rings (SSSR count). The van der Waals surface area contributed by atoms with Gasteiger partial charge in [0.25, 0.3) is 5.91 Å². The predicted molar refractivity (Wildman–Crippen MR) is 101 cm³/mol. The summed E-state index contributed by atoms with van der Waals surface area (Å²) in [5, 5.41) is 3.20. The van der Waals surface area contributed by atoms with Crippen molar-refractivity contribution in [2.24, 2.45) is 5.92 Å². The van der Waals surface area contributed by atoms with Crippen LogP contribution in [0.25, 0.3) is 11.1 Å². The van der Waals surface area contributed by atoms with Crippen molar-refractivity contribution in [3.05, 3.63) is 60.2 Å². The van der Waals surface area contributed by atoms with Gasteiger partial charge in [-0.15, -0.1) is 0 Å². The highest BCUT2D eigenvalue weighted by atomic mass is 16.5. The van der Waals surface area contributed by atoms with Crippen LogP contribution in [0.15, 0.2) is 54.6 Å². The molecule has 0 unspecified atom stereocenters. The Bertz CT molecular complexity index is 742. The predicted octanol–water partition coefficient (Wildman–Crippen LogP) is 3.67. The summed E-state index contributed by atoms with van der Waals surface area (Å²) in [6.45, 7) is 1.99. The van der Waals surface area contributed by atoms with Crippen molar-refractivity contribution >= 4 is 5.91 Å². The van der Waals surface area contributed by atoms with Crippen LogP contribution in [0, 0.1) is 5.92 Å². The van der Waals surface area contributed by atoms with Crippen LogP contribution in [-0.4, -0.2) is 37.9 Å². The fourth-order valence-corrected chi connectivity index (χ4v) is 3.38. The van der Waals surface area contributed by atoms with E-state index >= 15 is 0 Å². The van der Waals surface area contributed by atoms with Crippen LogP contribution >= 0.6 is 0 Å². The van der Waals surface area contributed by atoms with Crippen molar-refractivity contribution in [3.63, 3.8) is 0 Å². The fraction of sp³-hybridized carbons (Fsp3) is 0.409. The Labute approximate surface area is 154 Å². The Morgan fingerprint density at radius 2 is 1.81 bits per heavy atom. The van der Waals surface area contributed by atoms with E-state index in [0.29, 0.717) is 24.7 Å². The van der Waals surface area contributed by atoms with Gasteiger partial charge in [0.2, 0.25) is 0 Å². The van der Waals surface area contributed by atoms with Gasteiger partial charge in [0.1, 0.15) is 6.10 Å². The second kappa shape index (κ2) is 8.02. The van der Waals surface area contributed by atoms with Crippen LogP contribution < -0.4 is 5.32 Å². The van der Waals surface area contributed by atoms with E-state index in [9.17, 15) is 4.79 Å². The SMILES string of the molecule is O=C(N[C@H]1CCOC[C@@H]1OCC1CC1)c1ccccc1-c1ccccc1. The minimum atomic E-state index is -0.0582. The van der Waals surface area contributed by atoms with Crippen molar-refractivity contribution in [1.29, 1.82) is 0 Å². The average molecular weight is 351 g/mol. The molecule has 2 atom stereocenters. The number of nitrogens with one attached hydrogen (secondary N) is 1. The number of carbonyl (C=O) groups is 1. The Morgan fingerprint density at radius 3 is 2.62 bits per heavy atom. The first-order valence-corrected chi connectivity index (χ1v) is 9.46. The normalized spacial score (nSPS) is 22.8. The molecular weight excluding hydrogens is 326 g/mol. The first kappa shape index (κ1) is 17.3. The van der Waals surface area contributed by atoms with Gasteiger partial charge in [-0.3, -0.25) is 4.79 Å². The van der Waals surface area contributed by atoms with Gasteiger partial charge >= 0.3 is 0 Å². The summed E-state index contributed by atoms with van der Waals surface area (Å²) in [7, 11) is 0. The van der Waals surface area contributed by atoms with Crippen molar-refractivity contribution < 1.29 is 14.3 Å². The highest BCUT2D eigenvalue weighted by Crippen LogP contribution is 2.30. The van der Waals surface area contributed by atoms with Crippen LogP contribution in [0.1, 0.15) is 29.6 Å². The summed E-state index contributed by atoms with van der Waals surface area (Å²) < 4.78 is 11.6. The van der Waals surface area contributed by atoms with Crippen molar-refractivity contribution in [3.8, 4) is 11.1 Å². The second-order valence-corrected chi connectivity index (χ2v) is 7.17. The Morgan fingerprint density at radius 1 is 1.04 bits per heavy atom. The molecule has 2 fully saturated rings. The topological polar surface area (TPSA) is 47.6 Å². The van der Waals surface area contributed by atoms with Crippen molar-refractivity contribution in [2.45, 2.75) is 31.4 Å². The summed E-state index contributed by atoms with van der Waals surface area (Å²) in [6.07, 6.45) is 3.25. The molecule has 0 radical (unpaired) electrons. The lowest BCUT2D eigenvalue weighted by molar-refractivity contribution is -0.0697. The maximum atomic E-state index is 13.0. The molecule has 1 aliphatic heterocycles. The third-order valence-corrected chi connectivity index (χ3v) is 5.12. The zero-order valence-corrected chi connectivity index (χ0v) is 14.9. The number of benzene rings is 2. The van der Waals surface area contributed by atoms with Gasteiger partial charge in [-0.25, -0.2) is 0 Å². The summed E-state index contributed by atoms with van der Waals surface area (Å²) >= 11 is 0. The molecule has 1 saturated carbocycles. The lowest BCUT2D eigenvalue weighted by atomic mass is 9.98. The highest BCUT2D eigenvalue weighted by molar-refractivity contribution is 6.01. The number of carbonyl (C=O) groups excluding carboxylic acids is 1. The molecule has 4 nitrogen and oxygen atoms in total. The van der Waals surface area contributed by atoms with Gasteiger partial charge in [-0.2, -0.15) is 0 Å². The van der Waals surface area contributed by atoms with Gasteiger partial charge in [-0.1, -0.05) is 48.5 Å². The second-order valence-electron chi connectivity index (χ2n) is 7.17. The summed E-state index contributed by atoms with van der Waals surface area (Å²) in [4.78, 5) is 13.0. The zero-order chi connectivity index (χ0) is 17.8. The van der Waals surface area contributed by atoms with E-state index in [0.717, 1.165) is 24.2 Å².